The largest absolute Gasteiger partial charge is 0.0836 e. The molecule has 0 amide bonds. The minimum absolute atomic E-state index is 0.133. The second-order valence-electron chi connectivity index (χ2n) is 13.5. The molecule has 40 heavy (non-hydrogen) atoms. The summed E-state index contributed by atoms with van der Waals surface area (Å²) in [6.07, 6.45) is 36.9. The van der Waals surface area contributed by atoms with Crippen molar-refractivity contribution in [3.8, 4) is 0 Å². The minimum atomic E-state index is 0.133. The smallest absolute Gasteiger partial charge is 0.00749 e. The molecule has 2 rings (SSSR count). The van der Waals surface area contributed by atoms with Crippen LogP contribution < -0.4 is 0 Å². The number of allylic oxidation sites excluding steroid dienone is 20. The van der Waals surface area contributed by atoms with Gasteiger partial charge in [-0.25, -0.2) is 0 Å². The van der Waals surface area contributed by atoms with E-state index in [1.54, 1.807) is 11.1 Å². The zero-order valence-corrected chi connectivity index (χ0v) is 27.6. The van der Waals surface area contributed by atoms with Crippen LogP contribution in [0.5, 0.6) is 0 Å². The summed E-state index contributed by atoms with van der Waals surface area (Å²) >= 11 is 0. The van der Waals surface area contributed by atoms with Crippen molar-refractivity contribution in [2.24, 2.45) is 10.8 Å². The Kier molecular flexibility index (Phi) is 13.4. The molecule has 2 aliphatic carbocycles. The lowest BCUT2D eigenvalue weighted by Crippen LogP contribution is -2.19. The predicted octanol–water partition coefficient (Wildman–Crippen LogP) is 12.8. The maximum atomic E-state index is 2.39. The number of hydrogen-bond donors (Lipinski definition) is 0. The van der Waals surface area contributed by atoms with Gasteiger partial charge in [-0.2, -0.15) is 0 Å². The SMILES string of the molecule is CC1=C(/C=C/C(C)=C/CC/C(C)=C/C=C/C=C(\C)CC/C=C(C)/C=C\C2=C(C)CCCC2(C)C)C(C)(C)C=CC1. The summed E-state index contributed by atoms with van der Waals surface area (Å²) in [6.45, 7) is 22.9. The predicted molar refractivity (Wildman–Crippen MR) is 181 cm³/mol. The van der Waals surface area contributed by atoms with Crippen LogP contribution in [0.4, 0.5) is 0 Å². The van der Waals surface area contributed by atoms with Crippen molar-refractivity contribution in [2.45, 2.75) is 121 Å². The van der Waals surface area contributed by atoms with Gasteiger partial charge in [0.05, 0.1) is 0 Å². The summed E-state index contributed by atoms with van der Waals surface area (Å²) in [6, 6.07) is 0. The van der Waals surface area contributed by atoms with E-state index in [-0.39, 0.29) is 5.41 Å². The van der Waals surface area contributed by atoms with Crippen molar-refractivity contribution >= 4 is 0 Å². The molecule has 2 aliphatic rings. The molecule has 0 aromatic rings. The maximum absolute atomic E-state index is 2.39. The first-order valence-corrected chi connectivity index (χ1v) is 15.6. The van der Waals surface area contributed by atoms with Crippen LogP contribution in [0.15, 0.2) is 117 Å². The fourth-order valence-electron chi connectivity index (χ4n) is 5.87. The highest BCUT2D eigenvalue weighted by Crippen LogP contribution is 2.41. The Labute approximate surface area is 248 Å². The van der Waals surface area contributed by atoms with E-state index in [9.17, 15) is 0 Å². The molecule has 0 aromatic heterocycles. The molecule has 0 bridgehead atoms. The van der Waals surface area contributed by atoms with Gasteiger partial charge in [0.25, 0.3) is 0 Å². The fraction of sp³-hybridized carbons (Fsp3) is 0.500. The summed E-state index contributed by atoms with van der Waals surface area (Å²) < 4.78 is 0. The molecule has 0 aliphatic heterocycles. The van der Waals surface area contributed by atoms with Gasteiger partial charge in [-0.1, -0.05) is 134 Å². The van der Waals surface area contributed by atoms with Gasteiger partial charge in [-0.3, -0.25) is 0 Å². The average Bonchev–Trinajstić information content (AvgIpc) is 2.85. The van der Waals surface area contributed by atoms with Crippen molar-refractivity contribution < 1.29 is 0 Å². The molecule has 0 atom stereocenters. The van der Waals surface area contributed by atoms with E-state index in [1.165, 1.54) is 52.7 Å². The van der Waals surface area contributed by atoms with Crippen LogP contribution in [0.1, 0.15) is 121 Å². The maximum Gasteiger partial charge on any atom is 0.00749 e. The van der Waals surface area contributed by atoms with E-state index in [1.807, 2.05) is 0 Å². The van der Waals surface area contributed by atoms with Crippen LogP contribution in [0.3, 0.4) is 0 Å². The monoisotopic (exact) mass is 538 g/mol. The van der Waals surface area contributed by atoms with Crippen LogP contribution in [0.2, 0.25) is 0 Å². The summed E-state index contributed by atoms with van der Waals surface area (Å²) in [7, 11) is 0. The normalized spacial score (nSPS) is 21.1. The number of hydrogen-bond acceptors (Lipinski definition) is 0. The standard InChI is InChI=1S/C40H58/c1-31(19-13-21-33(3)25-27-37-35(5)23-15-29-39(37,7)8)17-11-12-18-32(2)20-14-22-34(4)26-28-38-36(6)24-16-30-40(38,9)10/h11-12,15,17-18,21-22,25-29H,13-14,16,19-20,23-24,30H2,1-10H3/b12-11+,27-25+,28-26-,31-17+,32-18+,33-21+,34-22+. The molecule has 0 unspecified atom stereocenters. The summed E-state index contributed by atoms with van der Waals surface area (Å²) in [4.78, 5) is 0. The zero-order chi connectivity index (χ0) is 29.8. The van der Waals surface area contributed by atoms with E-state index in [0.29, 0.717) is 5.41 Å². The molecular weight excluding hydrogens is 480 g/mol. The van der Waals surface area contributed by atoms with Gasteiger partial charge in [-0.05, 0) is 109 Å². The molecule has 218 valence electrons. The summed E-state index contributed by atoms with van der Waals surface area (Å²) in [5.41, 5.74) is 12.1. The molecule has 0 aromatic carbocycles. The Bertz CT molecular complexity index is 1110. The lowest BCUT2D eigenvalue weighted by molar-refractivity contribution is 0.377. The van der Waals surface area contributed by atoms with Gasteiger partial charge in [0.15, 0.2) is 0 Å². The summed E-state index contributed by atoms with van der Waals surface area (Å²) in [5.74, 6) is 0. The molecule has 0 nitrogen and oxygen atoms in total. The Morgan fingerprint density at radius 1 is 0.750 bits per heavy atom. The van der Waals surface area contributed by atoms with Gasteiger partial charge >= 0.3 is 0 Å². The molecule has 0 fully saturated rings. The van der Waals surface area contributed by atoms with E-state index >= 15 is 0 Å². The van der Waals surface area contributed by atoms with Crippen LogP contribution in [-0.4, -0.2) is 0 Å². The molecule has 0 spiro atoms. The molecule has 0 saturated heterocycles. The lowest BCUT2D eigenvalue weighted by atomic mass is 9.72. The van der Waals surface area contributed by atoms with E-state index in [2.05, 4.69) is 142 Å². The van der Waals surface area contributed by atoms with Crippen LogP contribution >= 0.6 is 0 Å². The lowest BCUT2D eigenvalue weighted by Gasteiger charge is -2.32. The van der Waals surface area contributed by atoms with Gasteiger partial charge in [0.2, 0.25) is 0 Å². The van der Waals surface area contributed by atoms with Crippen molar-refractivity contribution in [2.75, 3.05) is 0 Å². The van der Waals surface area contributed by atoms with E-state index in [4.69, 9.17) is 0 Å². The highest BCUT2D eigenvalue weighted by molar-refractivity contribution is 5.40. The van der Waals surface area contributed by atoms with Gasteiger partial charge in [-0.15, -0.1) is 0 Å². The summed E-state index contributed by atoms with van der Waals surface area (Å²) in [5, 5.41) is 0. The van der Waals surface area contributed by atoms with Gasteiger partial charge in [0.1, 0.15) is 0 Å². The Balaban J connectivity index is 1.77. The van der Waals surface area contributed by atoms with Gasteiger partial charge < -0.3 is 0 Å². The molecule has 0 heteroatoms. The van der Waals surface area contributed by atoms with Crippen molar-refractivity contribution in [1.82, 2.24) is 0 Å². The van der Waals surface area contributed by atoms with Gasteiger partial charge in [0, 0.05) is 5.41 Å². The Hall–Kier alpha value is -2.60. The zero-order valence-electron chi connectivity index (χ0n) is 27.6. The third-order valence-corrected chi connectivity index (χ3v) is 8.56. The molecular formula is C40H58. The molecule has 0 N–H and O–H groups in total. The van der Waals surface area contributed by atoms with Crippen molar-refractivity contribution in [1.29, 1.82) is 0 Å². The molecule has 0 saturated carbocycles. The van der Waals surface area contributed by atoms with Crippen LogP contribution in [0, 0.1) is 10.8 Å². The first-order valence-electron chi connectivity index (χ1n) is 15.6. The Morgan fingerprint density at radius 3 is 1.77 bits per heavy atom. The molecule has 0 radical (unpaired) electrons. The van der Waals surface area contributed by atoms with E-state index in [0.717, 1.165) is 32.1 Å². The highest BCUT2D eigenvalue weighted by atomic mass is 14.3. The minimum Gasteiger partial charge on any atom is -0.0836 e. The van der Waals surface area contributed by atoms with Crippen molar-refractivity contribution in [3.63, 3.8) is 0 Å². The second kappa shape index (κ2) is 16.0. The van der Waals surface area contributed by atoms with Crippen molar-refractivity contribution in [3.05, 3.63) is 117 Å². The first-order chi connectivity index (χ1) is 18.8. The molecule has 0 heterocycles. The average molecular weight is 539 g/mol. The highest BCUT2D eigenvalue weighted by Gasteiger charge is 2.26. The first kappa shape index (κ1) is 33.6. The topological polar surface area (TPSA) is 0 Å². The van der Waals surface area contributed by atoms with Crippen LogP contribution in [-0.2, 0) is 0 Å². The third kappa shape index (κ3) is 11.5. The third-order valence-electron chi connectivity index (χ3n) is 8.56. The van der Waals surface area contributed by atoms with E-state index < -0.39 is 0 Å². The second-order valence-corrected chi connectivity index (χ2v) is 13.5. The fourth-order valence-corrected chi connectivity index (χ4v) is 5.87. The number of rotatable bonds is 12. The van der Waals surface area contributed by atoms with Crippen LogP contribution in [0.25, 0.3) is 0 Å². The Morgan fingerprint density at radius 2 is 1.27 bits per heavy atom. The quantitative estimate of drug-likeness (QED) is 0.171.